The minimum atomic E-state index is -0.450. The van der Waals surface area contributed by atoms with E-state index in [1.54, 1.807) is 0 Å². The summed E-state index contributed by atoms with van der Waals surface area (Å²) in [6, 6.07) is 6.89. The van der Waals surface area contributed by atoms with Gasteiger partial charge in [-0.2, -0.15) is 0 Å². The third-order valence-electron chi connectivity index (χ3n) is 4.35. The van der Waals surface area contributed by atoms with E-state index in [0.717, 1.165) is 39.0 Å². The molecule has 2 N–H and O–H groups in total. The third-order valence-corrected chi connectivity index (χ3v) is 4.35. The SMILES string of the molecule is CC(C)(C)OC(=O)N[C@H]1CCN(c2ccc3c(c2)CCNC3)C1. The summed E-state index contributed by atoms with van der Waals surface area (Å²) in [5.74, 6) is 0. The summed E-state index contributed by atoms with van der Waals surface area (Å²) in [7, 11) is 0. The molecule has 0 unspecified atom stereocenters. The number of hydrogen-bond donors (Lipinski definition) is 2. The van der Waals surface area contributed by atoms with Gasteiger partial charge in [0.05, 0.1) is 6.04 Å². The largest absolute Gasteiger partial charge is 0.444 e. The lowest BCUT2D eigenvalue weighted by molar-refractivity contribution is 0.0509. The molecule has 5 nitrogen and oxygen atoms in total. The second-order valence-corrected chi connectivity index (χ2v) is 7.46. The zero-order chi connectivity index (χ0) is 16.4. The second kappa shape index (κ2) is 6.40. The quantitative estimate of drug-likeness (QED) is 0.880. The number of amides is 1. The zero-order valence-electron chi connectivity index (χ0n) is 14.3. The normalized spacial score (nSPS) is 21.0. The maximum absolute atomic E-state index is 11.9. The van der Waals surface area contributed by atoms with Gasteiger partial charge in [0.1, 0.15) is 5.60 Å². The third kappa shape index (κ3) is 4.16. The monoisotopic (exact) mass is 317 g/mol. The first-order valence-electron chi connectivity index (χ1n) is 8.48. The van der Waals surface area contributed by atoms with Crippen LogP contribution in [0.15, 0.2) is 18.2 Å². The predicted molar refractivity (Wildman–Crippen MR) is 91.8 cm³/mol. The second-order valence-electron chi connectivity index (χ2n) is 7.46. The van der Waals surface area contributed by atoms with Gasteiger partial charge in [0.15, 0.2) is 0 Å². The van der Waals surface area contributed by atoms with Crippen molar-refractivity contribution < 1.29 is 9.53 Å². The maximum Gasteiger partial charge on any atom is 0.407 e. The van der Waals surface area contributed by atoms with Crippen LogP contribution in [0.3, 0.4) is 0 Å². The van der Waals surface area contributed by atoms with E-state index in [9.17, 15) is 4.79 Å². The van der Waals surface area contributed by atoms with Crippen LogP contribution in [-0.4, -0.2) is 37.4 Å². The first-order chi connectivity index (χ1) is 10.9. The first kappa shape index (κ1) is 16.1. The lowest BCUT2D eigenvalue weighted by Gasteiger charge is -2.24. The number of fused-ring (bicyclic) bond motifs is 1. The van der Waals surface area contributed by atoms with E-state index in [1.165, 1.54) is 16.8 Å². The summed E-state index contributed by atoms with van der Waals surface area (Å²) in [6.45, 7) is 9.49. The van der Waals surface area contributed by atoms with Gasteiger partial charge in [-0.15, -0.1) is 0 Å². The Kier molecular flexibility index (Phi) is 4.48. The van der Waals surface area contributed by atoms with Gasteiger partial charge in [-0.3, -0.25) is 0 Å². The lowest BCUT2D eigenvalue weighted by Crippen LogP contribution is -2.40. The fraction of sp³-hybridized carbons (Fsp3) is 0.611. The molecule has 0 spiro atoms. The van der Waals surface area contributed by atoms with E-state index in [2.05, 4.69) is 33.7 Å². The Hall–Kier alpha value is -1.75. The molecular formula is C18H27N3O2. The number of anilines is 1. The van der Waals surface area contributed by atoms with Crippen molar-refractivity contribution in [3.8, 4) is 0 Å². The molecular weight excluding hydrogens is 290 g/mol. The molecule has 3 rings (SSSR count). The van der Waals surface area contributed by atoms with Crippen LogP contribution in [0, 0.1) is 0 Å². The van der Waals surface area contributed by atoms with E-state index in [0.29, 0.717) is 0 Å². The summed E-state index contributed by atoms with van der Waals surface area (Å²) >= 11 is 0. The van der Waals surface area contributed by atoms with E-state index in [1.807, 2.05) is 20.8 Å². The Labute approximate surface area is 138 Å². The van der Waals surface area contributed by atoms with Crippen molar-refractivity contribution in [1.82, 2.24) is 10.6 Å². The standard InChI is InChI=1S/C18H27N3O2/c1-18(2,3)23-17(22)20-15-7-9-21(12-15)16-5-4-14-11-19-8-6-13(14)10-16/h4-5,10,15,19H,6-9,11-12H2,1-3H3,(H,20,22)/t15-/m0/s1. The Morgan fingerprint density at radius 3 is 2.96 bits per heavy atom. The Morgan fingerprint density at radius 2 is 2.17 bits per heavy atom. The van der Waals surface area contributed by atoms with Crippen LogP contribution in [0.5, 0.6) is 0 Å². The van der Waals surface area contributed by atoms with Crippen molar-refractivity contribution in [2.75, 3.05) is 24.5 Å². The highest BCUT2D eigenvalue weighted by Crippen LogP contribution is 2.25. The topological polar surface area (TPSA) is 53.6 Å². The van der Waals surface area contributed by atoms with Crippen LogP contribution in [-0.2, 0) is 17.7 Å². The van der Waals surface area contributed by atoms with Crippen molar-refractivity contribution in [2.24, 2.45) is 0 Å². The van der Waals surface area contributed by atoms with Crippen molar-refractivity contribution in [2.45, 2.75) is 51.8 Å². The average Bonchev–Trinajstić information content (AvgIpc) is 2.93. The molecule has 126 valence electrons. The molecule has 5 heteroatoms. The molecule has 23 heavy (non-hydrogen) atoms. The summed E-state index contributed by atoms with van der Waals surface area (Å²) in [5.41, 5.74) is 3.67. The molecule has 1 atom stereocenters. The van der Waals surface area contributed by atoms with E-state index in [-0.39, 0.29) is 12.1 Å². The Balaban J connectivity index is 1.58. The molecule has 0 bridgehead atoms. The number of rotatable bonds is 2. The molecule has 1 aromatic rings. The number of alkyl carbamates (subject to hydrolysis) is 1. The fourth-order valence-corrected chi connectivity index (χ4v) is 3.25. The van der Waals surface area contributed by atoms with Gasteiger partial charge < -0.3 is 20.3 Å². The number of nitrogens with zero attached hydrogens (tertiary/aromatic N) is 1. The highest BCUT2D eigenvalue weighted by Gasteiger charge is 2.26. The van der Waals surface area contributed by atoms with Gasteiger partial charge >= 0.3 is 6.09 Å². The summed E-state index contributed by atoms with van der Waals surface area (Å²) in [4.78, 5) is 14.2. The molecule has 1 saturated heterocycles. The number of carbonyl (C=O) groups excluding carboxylic acids is 1. The number of benzene rings is 1. The van der Waals surface area contributed by atoms with Gasteiger partial charge in [-0.1, -0.05) is 6.07 Å². The molecule has 0 saturated carbocycles. The minimum Gasteiger partial charge on any atom is -0.444 e. The van der Waals surface area contributed by atoms with Crippen molar-refractivity contribution in [1.29, 1.82) is 0 Å². The van der Waals surface area contributed by atoms with Crippen LogP contribution in [0.4, 0.5) is 10.5 Å². The molecule has 1 aromatic carbocycles. The molecule has 0 aromatic heterocycles. The van der Waals surface area contributed by atoms with E-state index >= 15 is 0 Å². The van der Waals surface area contributed by atoms with Crippen molar-refractivity contribution in [3.63, 3.8) is 0 Å². The molecule has 1 fully saturated rings. The van der Waals surface area contributed by atoms with Gasteiger partial charge in [-0.25, -0.2) is 4.79 Å². The number of ether oxygens (including phenoxy) is 1. The van der Waals surface area contributed by atoms with Gasteiger partial charge in [0.25, 0.3) is 0 Å². The Morgan fingerprint density at radius 1 is 1.35 bits per heavy atom. The molecule has 1 amide bonds. The molecule has 2 aliphatic rings. The van der Waals surface area contributed by atoms with E-state index in [4.69, 9.17) is 4.74 Å². The predicted octanol–water partition coefficient (Wildman–Crippen LogP) is 2.44. The minimum absolute atomic E-state index is 0.155. The lowest BCUT2D eigenvalue weighted by atomic mass is 10.0. The number of carbonyl (C=O) groups is 1. The summed E-state index contributed by atoms with van der Waals surface area (Å²) in [5, 5.41) is 6.39. The average molecular weight is 317 g/mol. The van der Waals surface area contributed by atoms with Gasteiger partial charge in [-0.05, 0) is 63.4 Å². The van der Waals surface area contributed by atoms with Crippen LogP contribution in [0.1, 0.15) is 38.3 Å². The van der Waals surface area contributed by atoms with Crippen LogP contribution in [0.2, 0.25) is 0 Å². The first-order valence-corrected chi connectivity index (χ1v) is 8.48. The number of nitrogens with one attached hydrogen (secondary N) is 2. The van der Waals surface area contributed by atoms with Crippen LogP contribution < -0.4 is 15.5 Å². The van der Waals surface area contributed by atoms with Gasteiger partial charge in [0, 0.05) is 25.3 Å². The fourth-order valence-electron chi connectivity index (χ4n) is 3.25. The van der Waals surface area contributed by atoms with Crippen LogP contribution >= 0.6 is 0 Å². The van der Waals surface area contributed by atoms with Crippen molar-refractivity contribution in [3.05, 3.63) is 29.3 Å². The molecule has 0 aliphatic carbocycles. The number of hydrogen-bond acceptors (Lipinski definition) is 4. The molecule has 0 radical (unpaired) electrons. The Bertz CT molecular complexity index is 580. The zero-order valence-corrected chi connectivity index (χ0v) is 14.3. The smallest absolute Gasteiger partial charge is 0.407 e. The highest BCUT2D eigenvalue weighted by molar-refractivity contribution is 5.68. The van der Waals surface area contributed by atoms with Crippen molar-refractivity contribution >= 4 is 11.8 Å². The van der Waals surface area contributed by atoms with Gasteiger partial charge in [0.2, 0.25) is 0 Å². The summed E-state index contributed by atoms with van der Waals surface area (Å²) < 4.78 is 5.34. The maximum atomic E-state index is 11.9. The molecule has 2 heterocycles. The molecule has 2 aliphatic heterocycles. The van der Waals surface area contributed by atoms with Crippen LogP contribution in [0.25, 0.3) is 0 Å². The summed E-state index contributed by atoms with van der Waals surface area (Å²) in [6.07, 6.45) is 1.73. The van der Waals surface area contributed by atoms with E-state index < -0.39 is 5.60 Å². The highest BCUT2D eigenvalue weighted by atomic mass is 16.6.